The van der Waals surface area contributed by atoms with Crippen molar-refractivity contribution in [1.29, 1.82) is 0 Å². The fourth-order valence-electron chi connectivity index (χ4n) is 2.08. The van der Waals surface area contributed by atoms with E-state index >= 15 is 0 Å². The highest BCUT2D eigenvalue weighted by Gasteiger charge is 2.08. The highest BCUT2D eigenvalue weighted by atomic mass is 16.5. The zero-order chi connectivity index (χ0) is 16.8. The van der Waals surface area contributed by atoms with E-state index in [0.717, 1.165) is 12.2 Å². The molecular formula is C18H16N4O2. The van der Waals surface area contributed by atoms with Crippen molar-refractivity contribution in [3.8, 4) is 11.6 Å². The summed E-state index contributed by atoms with van der Waals surface area (Å²) in [5.74, 6) is 0.855. The van der Waals surface area contributed by atoms with Crippen molar-refractivity contribution < 1.29 is 9.53 Å². The quantitative estimate of drug-likeness (QED) is 0.779. The zero-order valence-corrected chi connectivity index (χ0v) is 13.1. The molecule has 0 aliphatic heterocycles. The number of hydrogen-bond donors (Lipinski definition) is 1. The summed E-state index contributed by atoms with van der Waals surface area (Å²) in [5.41, 5.74) is 2.00. The lowest BCUT2D eigenvalue weighted by Crippen LogP contribution is -2.13. The molecule has 6 heteroatoms. The van der Waals surface area contributed by atoms with Gasteiger partial charge in [0.25, 0.3) is 5.91 Å². The molecule has 3 aromatic rings. The maximum absolute atomic E-state index is 12.0. The van der Waals surface area contributed by atoms with E-state index in [4.69, 9.17) is 4.74 Å². The fourth-order valence-corrected chi connectivity index (χ4v) is 2.08. The third kappa shape index (κ3) is 3.92. The van der Waals surface area contributed by atoms with Gasteiger partial charge in [0, 0.05) is 18.5 Å². The van der Waals surface area contributed by atoms with Crippen LogP contribution in [0.2, 0.25) is 0 Å². The Morgan fingerprint density at radius 1 is 1.12 bits per heavy atom. The van der Waals surface area contributed by atoms with Crippen molar-refractivity contribution >= 4 is 11.6 Å². The number of ether oxygens (including phenoxy) is 1. The molecule has 24 heavy (non-hydrogen) atoms. The molecule has 0 bridgehead atoms. The number of benzene rings is 1. The molecular weight excluding hydrogens is 304 g/mol. The Kier molecular flexibility index (Phi) is 4.76. The van der Waals surface area contributed by atoms with Crippen LogP contribution in [0.5, 0.6) is 11.6 Å². The Hall–Kier alpha value is -3.28. The summed E-state index contributed by atoms with van der Waals surface area (Å²) in [4.78, 5) is 24.0. The molecule has 2 heterocycles. The highest BCUT2D eigenvalue weighted by molar-refractivity contribution is 6.02. The summed E-state index contributed by atoms with van der Waals surface area (Å²) in [6.07, 6.45) is 6.86. The smallest absolute Gasteiger partial charge is 0.275 e. The van der Waals surface area contributed by atoms with Gasteiger partial charge >= 0.3 is 0 Å². The molecule has 0 fully saturated rings. The number of amides is 1. The fraction of sp³-hybridized carbons (Fsp3) is 0.111. The molecule has 0 aliphatic carbocycles. The van der Waals surface area contributed by atoms with Crippen LogP contribution in [0.4, 0.5) is 5.69 Å². The van der Waals surface area contributed by atoms with Crippen LogP contribution in [-0.2, 0) is 6.42 Å². The monoisotopic (exact) mass is 320 g/mol. The van der Waals surface area contributed by atoms with Crippen molar-refractivity contribution in [2.45, 2.75) is 13.3 Å². The van der Waals surface area contributed by atoms with Gasteiger partial charge < -0.3 is 10.1 Å². The number of carbonyl (C=O) groups is 1. The van der Waals surface area contributed by atoms with Gasteiger partial charge in [-0.3, -0.25) is 9.78 Å². The molecule has 2 aromatic heterocycles. The zero-order valence-electron chi connectivity index (χ0n) is 13.1. The Morgan fingerprint density at radius 3 is 2.75 bits per heavy atom. The standard InChI is InChI=1S/C18H16N4O2/c1-2-13-4-3-5-15(10-13)24-17-7-6-14(11-21-17)22-18(23)16-12-19-8-9-20-16/h3-12H,2H2,1H3,(H,22,23). The van der Waals surface area contributed by atoms with Crippen LogP contribution in [0.1, 0.15) is 23.0 Å². The molecule has 0 atom stereocenters. The Labute approximate surface area is 139 Å². The topological polar surface area (TPSA) is 77.0 Å². The van der Waals surface area contributed by atoms with Crippen molar-refractivity contribution in [3.63, 3.8) is 0 Å². The first-order chi connectivity index (χ1) is 11.7. The molecule has 0 saturated carbocycles. The average Bonchev–Trinajstić information content (AvgIpc) is 2.64. The third-order valence-corrected chi connectivity index (χ3v) is 3.32. The summed E-state index contributed by atoms with van der Waals surface area (Å²) >= 11 is 0. The van der Waals surface area contributed by atoms with E-state index in [9.17, 15) is 4.79 Å². The summed E-state index contributed by atoms with van der Waals surface area (Å²) in [6, 6.07) is 11.3. The van der Waals surface area contributed by atoms with Crippen LogP contribution >= 0.6 is 0 Å². The molecule has 0 saturated heterocycles. The van der Waals surface area contributed by atoms with E-state index in [1.54, 1.807) is 12.1 Å². The molecule has 1 aromatic carbocycles. The second kappa shape index (κ2) is 7.32. The second-order valence-electron chi connectivity index (χ2n) is 5.03. The van der Waals surface area contributed by atoms with E-state index < -0.39 is 0 Å². The number of carbonyl (C=O) groups excluding carboxylic acids is 1. The third-order valence-electron chi connectivity index (χ3n) is 3.32. The second-order valence-corrected chi connectivity index (χ2v) is 5.03. The molecule has 120 valence electrons. The molecule has 1 amide bonds. The summed E-state index contributed by atoms with van der Waals surface area (Å²) in [7, 11) is 0. The molecule has 3 rings (SSSR count). The molecule has 0 aliphatic rings. The van der Waals surface area contributed by atoms with Gasteiger partial charge in [-0.1, -0.05) is 19.1 Å². The molecule has 0 radical (unpaired) electrons. The number of pyridine rings is 1. The first kappa shape index (κ1) is 15.6. The number of aromatic nitrogens is 3. The molecule has 0 spiro atoms. The predicted molar refractivity (Wildman–Crippen MR) is 90.1 cm³/mol. The Balaban J connectivity index is 1.66. The molecule has 1 N–H and O–H groups in total. The minimum absolute atomic E-state index is 0.245. The number of hydrogen-bond acceptors (Lipinski definition) is 5. The summed E-state index contributed by atoms with van der Waals surface area (Å²) < 4.78 is 5.72. The normalized spacial score (nSPS) is 10.2. The van der Waals surface area contributed by atoms with Gasteiger partial charge in [-0.15, -0.1) is 0 Å². The minimum Gasteiger partial charge on any atom is -0.439 e. The van der Waals surface area contributed by atoms with Crippen molar-refractivity contribution in [1.82, 2.24) is 15.0 Å². The van der Waals surface area contributed by atoms with Crippen LogP contribution in [0.25, 0.3) is 0 Å². The van der Waals surface area contributed by atoms with Gasteiger partial charge in [0.15, 0.2) is 0 Å². The largest absolute Gasteiger partial charge is 0.439 e. The number of nitrogens with zero attached hydrogens (tertiary/aromatic N) is 3. The van der Waals surface area contributed by atoms with Gasteiger partial charge in [0.05, 0.1) is 18.1 Å². The molecule has 0 unspecified atom stereocenters. The van der Waals surface area contributed by atoms with Crippen LogP contribution in [0, 0.1) is 0 Å². The average molecular weight is 320 g/mol. The lowest BCUT2D eigenvalue weighted by molar-refractivity contribution is 0.102. The van der Waals surface area contributed by atoms with E-state index in [-0.39, 0.29) is 11.6 Å². The summed E-state index contributed by atoms with van der Waals surface area (Å²) in [5, 5.41) is 2.71. The Morgan fingerprint density at radius 2 is 2.04 bits per heavy atom. The predicted octanol–water partition coefficient (Wildman–Crippen LogP) is 3.48. The number of aryl methyl sites for hydroxylation is 1. The first-order valence-electron chi connectivity index (χ1n) is 7.55. The van der Waals surface area contributed by atoms with Crippen LogP contribution in [0.3, 0.4) is 0 Å². The number of anilines is 1. The van der Waals surface area contributed by atoms with Crippen molar-refractivity contribution in [3.05, 3.63) is 72.4 Å². The van der Waals surface area contributed by atoms with Gasteiger partial charge in [-0.05, 0) is 30.2 Å². The lowest BCUT2D eigenvalue weighted by atomic mass is 10.2. The Bertz CT molecular complexity index is 820. The highest BCUT2D eigenvalue weighted by Crippen LogP contribution is 2.21. The van der Waals surface area contributed by atoms with Crippen molar-refractivity contribution in [2.75, 3.05) is 5.32 Å². The van der Waals surface area contributed by atoms with Crippen LogP contribution in [0.15, 0.2) is 61.2 Å². The van der Waals surface area contributed by atoms with Gasteiger partial charge in [0.1, 0.15) is 11.4 Å². The lowest BCUT2D eigenvalue weighted by Gasteiger charge is -2.07. The van der Waals surface area contributed by atoms with Crippen LogP contribution < -0.4 is 10.1 Å². The van der Waals surface area contributed by atoms with E-state index in [0.29, 0.717) is 11.6 Å². The summed E-state index contributed by atoms with van der Waals surface area (Å²) in [6.45, 7) is 2.09. The van der Waals surface area contributed by atoms with E-state index in [1.165, 1.54) is 30.4 Å². The van der Waals surface area contributed by atoms with E-state index in [1.807, 2.05) is 24.3 Å². The van der Waals surface area contributed by atoms with Gasteiger partial charge in [-0.25, -0.2) is 9.97 Å². The number of nitrogens with one attached hydrogen (secondary N) is 1. The van der Waals surface area contributed by atoms with Crippen LogP contribution in [-0.4, -0.2) is 20.9 Å². The van der Waals surface area contributed by atoms with E-state index in [2.05, 4.69) is 27.2 Å². The maximum atomic E-state index is 12.0. The first-order valence-corrected chi connectivity index (χ1v) is 7.55. The molecule has 6 nitrogen and oxygen atoms in total. The minimum atomic E-state index is -0.339. The van der Waals surface area contributed by atoms with Gasteiger partial charge in [-0.2, -0.15) is 0 Å². The van der Waals surface area contributed by atoms with Crippen molar-refractivity contribution in [2.24, 2.45) is 0 Å². The van der Waals surface area contributed by atoms with Gasteiger partial charge in [0.2, 0.25) is 5.88 Å². The SMILES string of the molecule is CCc1cccc(Oc2ccc(NC(=O)c3cnccn3)cn2)c1. The maximum Gasteiger partial charge on any atom is 0.275 e. The number of rotatable bonds is 5.